The Morgan fingerprint density at radius 2 is 0.667 bits per heavy atom. The van der Waals surface area contributed by atoms with Crippen LogP contribution in [0.2, 0.25) is 0 Å². The Balaban J connectivity index is -0.0000000142. The molecule has 0 heteroatoms. The molecule has 0 aromatic heterocycles. The molecule has 0 N–H and O–H groups in total. The van der Waals surface area contributed by atoms with Crippen LogP contribution in [0.25, 0.3) is 0 Å². The maximum atomic E-state index is 5.00. The van der Waals surface area contributed by atoms with Gasteiger partial charge in [-0.15, -0.1) is 0 Å². The molecular formula is C9H30. The molecule has 0 spiro atoms. The van der Waals surface area contributed by atoms with E-state index in [1.807, 2.05) is 0 Å². The van der Waals surface area contributed by atoms with E-state index in [1.54, 1.807) is 0 Å². The first kappa shape index (κ1) is 9.00. The van der Waals surface area contributed by atoms with E-state index < -0.39 is 0 Å². The monoisotopic (exact) mass is 143 g/mol. The summed E-state index contributed by atoms with van der Waals surface area (Å²) < 4.78 is 20.0. The van der Waals surface area contributed by atoms with Gasteiger partial charge in [0, 0.05) is 7.37 Å². The highest BCUT2D eigenvalue weighted by Crippen LogP contribution is 1.56. The second-order valence-corrected chi connectivity index (χ2v) is 2.12. The van der Waals surface area contributed by atoms with Gasteiger partial charge in [0.1, 0.15) is 0 Å². The number of hydrogen-bond donors (Lipinski definition) is 0. The minimum absolute atomic E-state index is 0. The van der Waals surface area contributed by atoms with Crippen LogP contribution in [0, 0.1) is 0 Å². The van der Waals surface area contributed by atoms with E-state index in [2.05, 4.69) is 41.5 Å². The van der Waals surface area contributed by atoms with Crippen molar-refractivity contribution < 1.29 is 7.37 Å². The summed E-state index contributed by atoms with van der Waals surface area (Å²) in [6.07, 6.45) is 3.75. The Hall–Kier alpha value is 0. The van der Waals surface area contributed by atoms with Crippen LogP contribution in [-0.2, 0) is 0 Å². The lowest BCUT2D eigenvalue weighted by atomic mass is 10.6. The molecule has 0 unspecified atom stereocenters. The zero-order chi connectivity index (χ0) is 12.1. The van der Waals surface area contributed by atoms with Gasteiger partial charge in [-0.2, -0.15) is 0 Å². The summed E-state index contributed by atoms with van der Waals surface area (Å²) in [7, 11) is 0. The van der Waals surface area contributed by atoms with Crippen LogP contribution in [-0.4, -0.2) is 0 Å². The van der Waals surface area contributed by atoms with Crippen molar-refractivity contribution >= 4 is 0 Å². The minimum atomic E-state index is 0. The van der Waals surface area contributed by atoms with E-state index in [9.17, 15) is 0 Å². The molecule has 0 aliphatic rings. The van der Waals surface area contributed by atoms with Gasteiger partial charge in [-0.05, 0) is 0 Å². The second-order valence-electron chi connectivity index (χ2n) is 2.12. The lowest BCUT2D eigenvalue weighted by molar-refractivity contribution is 1.09. The van der Waals surface area contributed by atoms with Crippen LogP contribution in [0.15, 0.2) is 0 Å². The normalized spacial score (nSPS) is 7.78. The van der Waals surface area contributed by atoms with Gasteiger partial charge in [0.2, 0.25) is 0 Å². The van der Waals surface area contributed by atoms with Gasteiger partial charge in [0.15, 0.2) is 0 Å². The summed E-state index contributed by atoms with van der Waals surface area (Å²) >= 11 is 0. The first-order valence-electron chi connectivity index (χ1n) is 6.24. The summed E-state index contributed by atoms with van der Waals surface area (Å²) in [6.45, 7) is 12.8. The van der Waals surface area contributed by atoms with Crippen molar-refractivity contribution in [3.05, 3.63) is 0 Å². The van der Waals surface area contributed by atoms with Crippen molar-refractivity contribution in [1.29, 1.82) is 0 Å². The summed E-state index contributed by atoms with van der Waals surface area (Å²) in [4.78, 5) is 0. The molecule has 0 nitrogen and oxygen atoms in total. The fourth-order valence-corrected chi connectivity index (χ4v) is 0. The Labute approximate surface area is 69.3 Å². The SMILES string of the molecule is CCC.CCC.CCC.[2HH].[2H][2H].[2H][2H]. The van der Waals surface area contributed by atoms with E-state index in [0.29, 0.717) is 0 Å². The molecular weight excluding hydrogens is 108 g/mol. The first-order valence-corrected chi connectivity index (χ1v) is 4.24. The molecule has 0 aromatic carbocycles. The van der Waals surface area contributed by atoms with Gasteiger partial charge in [-0.1, -0.05) is 60.8 Å². The summed E-state index contributed by atoms with van der Waals surface area (Å²) in [6, 6.07) is 0. The highest BCUT2D eigenvalue weighted by atomic mass is 13.4. The molecule has 66 valence electrons. The largest absolute Gasteiger partial charge is 0.0656 e. The third-order valence-corrected chi connectivity index (χ3v) is 0. The summed E-state index contributed by atoms with van der Waals surface area (Å²) in [5.74, 6) is 0. The third kappa shape index (κ3) is 0. The highest BCUT2D eigenvalue weighted by Gasteiger charge is 1.36. The van der Waals surface area contributed by atoms with Gasteiger partial charge >= 0.3 is 0 Å². The quantitative estimate of drug-likeness (QED) is 0.448. The Morgan fingerprint density at radius 1 is 0.667 bits per heavy atom. The van der Waals surface area contributed by atoms with Crippen LogP contribution in [0.3, 0.4) is 0 Å². The van der Waals surface area contributed by atoms with E-state index in [4.69, 9.17) is 5.94 Å². The van der Waals surface area contributed by atoms with Crippen molar-refractivity contribution in [3.63, 3.8) is 0 Å². The lowest BCUT2D eigenvalue weighted by Gasteiger charge is -1.48. The van der Waals surface area contributed by atoms with Crippen LogP contribution in [0.5, 0.6) is 0 Å². The summed E-state index contributed by atoms with van der Waals surface area (Å²) in [5.41, 5.74) is 0. The Morgan fingerprint density at radius 3 is 0.667 bits per heavy atom. The van der Waals surface area contributed by atoms with Crippen molar-refractivity contribution in [2.45, 2.75) is 60.8 Å². The maximum Gasteiger partial charge on any atom is 0 e. The average Bonchev–Trinajstić information content (AvgIpc) is 2.14. The van der Waals surface area contributed by atoms with Gasteiger partial charge in [-0.3, -0.25) is 0 Å². The van der Waals surface area contributed by atoms with Crippen LogP contribution in [0.1, 0.15) is 68.2 Å². The molecule has 0 heterocycles. The molecule has 0 saturated heterocycles. The van der Waals surface area contributed by atoms with E-state index in [1.165, 1.54) is 19.3 Å². The highest BCUT2D eigenvalue weighted by molar-refractivity contribution is 3.92. The standard InChI is InChI=1S/3C3H8.3H2/c3*1-3-2;;;/h3*3H2,1-2H3;3*1H/i;;;2*1+1D;1+1. The molecule has 0 aliphatic heterocycles. The van der Waals surface area contributed by atoms with Gasteiger partial charge in [0.05, 0.1) is 0 Å². The third-order valence-electron chi connectivity index (χ3n) is 0. The molecule has 0 aromatic rings. The molecule has 0 radical (unpaired) electrons. The van der Waals surface area contributed by atoms with Crippen LogP contribution in [0.4, 0.5) is 0 Å². The zero-order valence-corrected chi connectivity index (χ0v) is 8.12. The molecule has 0 bridgehead atoms. The predicted octanol–water partition coefficient (Wildman–Crippen LogP) is 4.99. The van der Waals surface area contributed by atoms with Crippen LogP contribution >= 0.6 is 0 Å². The van der Waals surface area contributed by atoms with E-state index in [-0.39, 0.29) is 1.43 Å². The summed E-state index contributed by atoms with van der Waals surface area (Å²) in [5, 5.41) is 0. The molecule has 0 amide bonds. The fraction of sp³-hybridized carbons (Fsp3) is 1.00. The number of rotatable bonds is 0. The molecule has 0 saturated carbocycles. The Bertz CT molecular complexity index is 17.9. The van der Waals surface area contributed by atoms with Gasteiger partial charge in [0.25, 0.3) is 0 Å². The zero-order valence-electron chi connectivity index (χ0n) is 12.1. The molecule has 0 atom stereocenters. The van der Waals surface area contributed by atoms with Gasteiger partial charge < -0.3 is 0 Å². The topological polar surface area (TPSA) is 0 Å². The van der Waals surface area contributed by atoms with Crippen molar-refractivity contribution in [2.24, 2.45) is 0 Å². The van der Waals surface area contributed by atoms with Crippen molar-refractivity contribution in [1.82, 2.24) is 0 Å². The Kier molecular flexibility index (Phi) is 43.6. The molecule has 9 heavy (non-hydrogen) atoms. The maximum absolute atomic E-state index is 5.00. The van der Waals surface area contributed by atoms with Crippen molar-refractivity contribution in [2.75, 3.05) is 0 Å². The molecule has 0 rings (SSSR count). The molecule has 0 fully saturated rings. The first-order chi connectivity index (χ1) is 6.24. The van der Waals surface area contributed by atoms with Gasteiger partial charge in [-0.25, -0.2) is 0 Å². The molecule has 0 aliphatic carbocycles. The van der Waals surface area contributed by atoms with Crippen LogP contribution < -0.4 is 0 Å². The van der Waals surface area contributed by atoms with Crippen molar-refractivity contribution in [3.8, 4) is 0 Å². The lowest BCUT2D eigenvalue weighted by Crippen LogP contribution is -1.27. The van der Waals surface area contributed by atoms with E-state index >= 15 is 0 Å². The second kappa shape index (κ2) is 43.6. The minimum Gasteiger partial charge on any atom is -0.0656 e. The van der Waals surface area contributed by atoms with E-state index in [0.717, 1.165) is 0 Å². The predicted molar refractivity (Wildman–Crippen MR) is 54.2 cm³/mol. The fourth-order valence-electron chi connectivity index (χ4n) is 0. The average molecular weight is 143 g/mol. The smallest absolute Gasteiger partial charge is 0 e. The number of hydrogen-bond acceptors (Lipinski definition) is 0.